The van der Waals surface area contributed by atoms with E-state index in [1.165, 1.54) is 23.1 Å². The lowest BCUT2D eigenvalue weighted by Gasteiger charge is -2.38. The van der Waals surface area contributed by atoms with Crippen molar-refractivity contribution >= 4 is 71.4 Å². The summed E-state index contributed by atoms with van der Waals surface area (Å²) in [5.41, 5.74) is 9.65. The van der Waals surface area contributed by atoms with Crippen LogP contribution in [0.5, 0.6) is 0 Å². The third kappa shape index (κ3) is 3.91. The lowest BCUT2D eigenvalue weighted by molar-refractivity contribution is 0.514. The number of hydrogen-bond acceptors (Lipinski definition) is 9. The van der Waals surface area contributed by atoms with Crippen molar-refractivity contribution in [3.8, 4) is 0 Å². The Balaban J connectivity index is 1.52. The molecule has 0 bridgehead atoms. The van der Waals surface area contributed by atoms with E-state index in [1.54, 1.807) is 0 Å². The summed E-state index contributed by atoms with van der Waals surface area (Å²) in [6.07, 6.45) is 2.72. The fraction of sp³-hybridized carbons (Fsp3) is 0.300. The highest BCUT2D eigenvalue weighted by Crippen LogP contribution is 2.38. The number of fused-ring (bicyclic) bond motifs is 2. The van der Waals surface area contributed by atoms with Crippen LogP contribution in [0.3, 0.4) is 0 Å². The second kappa shape index (κ2) is 8.05. The Hall–Kier alpha value is -2.21. The van der Waals surface area contributed by atoms with Crippen LogP contribution < -0.4 is 16.0 Å². The molecular formula is C20H21BrN8S2. The SMILES string of the molecule is C=C(C)Nc1nc2cc(Sc3nc(N4CC(N)C4)c4c(Br)c(CC)[nH]c4n3)cnc2s1. The third-order valence-corrected chi connectivity index (χ3v) is 7.53. The van der Waals surface area contributed by atoms with Crippen LogP contribution in [0, 0.1) is 0 Å². The van der Waals surface area contributed by atoms with Crippen molar-refractivity contribution in [1.82, 2.24) is 24.9 Å². The Labute approximate surface area is 195 Å². The molecule has 8 nitrogen and oxygen atoms in total. The van der Waals surface area contributed by atoms with Crippen molar-refractivity contribution in [2.45, 2.75) is 36.4 Å². The van der Waals surface area contributed by atoms with Gasteiger partial charge in [0.2, 0.25) is 0 Å². The summed E-state index contributed by atoms with van der Waals surface area (Å²) in [6, 6.07) is 2.20. The maximum atomic E-state index is 6.03. The maximum Gasteiger partial charge on any atom is 0.196 e. The minimum atomic E-state index is 0.183. The van der Waals surface area contributed by atoms with Crippen LogP contribution >= 0.6 is 39.0 Å². The lowest BCUT2D eigenvalue weighted by atomic mass is 10.1. The first-order valence-corrected chi connectivity index (χ1v) is 12.3. The summed E-state index contributed by atoms with van der Waals surface area (Å²) in [7, 11) is 0. The van der Waals surface area contributed by atoms with E-state index >= 15 is 0 Å². The topological polar surface area (TPSA) is 109 Å². The van der Waals surface area contributed by atoms with E-state index in [9.17, 15) is 0 Å². The van der Waals surface area contributed by atoms with E-state index in [0.29, 0.717) is 5.16 Å². The molecule has 5 heterocycles. The van der Waals surface area contributed by atoms with Crippen molar-refractivity contribution in [1.29, 1.82) is 0 Å². The first-order chi connectivity index (χ1) is 14.9. The number of nitrogens with one attached hydrogen (secondary N) is 2. The first-order valence-electron chi connectivity index (χ1n) is 9.87. The zero-order chi connectivity index (χ0) is 21.7. The second-order valence-corrected chi connectivity index (χ2v) is 10.3. The maximum absolute atomic E-state index is 6.03. The number of allylic oxidation sites excluding steroid dienone is 1. The summed E-state index contributed by atoms with van der Waals surface area (Å²) in [5, 5.41) is 5.61. The van der Waals surface area contributed by atoms with Gasteiger partial charge in [-0.1, -0.05) is 24.8 Å². The Morgan fingerprint density at radius 2 is 2.23 bits per heavy atom. The van der Waals surface area contributed by atoms with E-state index in [0.717, 1.165) is 72.6 Å². The lowest BCUT2D eigenvalue weighted by Crippen LogP contribution is -2.56. The zero-order valence-electron chi connectivity index (χ0n) is 17.1. The number of aryl methyl sites for hydroxylation is 1. The van der Waals surface area contributed by atoms with Gasteiger partial charge in [-0.2, -0.15) is 0 Å². The van der Waals surface area contributed by atoms with Crippen molar-refractivity contribution in [3.05, 3.63) is 34.7 Å². The van der Waals surface area contributed by atoms with Crippen LogP contribution in [0.25, 0.3) is 21.4 Å². The van der Waals surface area contributed by atoms with Gasteiger partial charge < -0.3 is 20.9 Å². The number of anilines is 2. The molecule has 0 aliphatic carbocycles. The third-order valence-electron chi connectivity index (χ3n) is 4.94. The molecule has 1 saturated heterocycles. The number of aromatic amines is 1. The van der Waals surface area contributed by atoms with Crippen LogP contribution in [-0.4, -0.2) is 44.1 Å². The molecule has 0 unspecified atom stereocenters. The number of nitrogens with two attached hydrogens (primary N) is 1. The van der Waals surface area contributed by atoms with Gasteiger partial charge in [0.15, 0.2) is 10.3 Å². The number of H-pyrrole nitrogens is 1. The minimum Gasteiger partial charge on any atom is -0.353 e. The van der Waals surface area contributed by atoms with E-state index in [-0.39, 0.29) is 6.04 Å². The minimum absolute atomic E-state index is 0.183. The molecule has 0 amide bonds. The molecule has 0 radical (unpaired) electrons. The van der Waals surface area contributed by atoms with Gasteiger partial charge in [0.05, 0.1) is 9.86 Å². The van der Waals surface area contributed by atoms with Crippen LogP contribution in [0.4, 0.5) is 10.9 Å². The van der Waals surface area contributed by atoms with Gasteiger partial charge in [-0.3, -0.25) is 0 Å². The Bertz CT molecular complexity index is 1310. The predicted octanol–water partition coefficient (Wildman–Crippen LogP) is 4.53. The van der Waals surface area contributed by atoms with E-state index in [4.69, 9.17) is 15.7 Å². The summed E-state index contributed by atoms with van der Waals surface area (Å²) in [5.74, 6) is 0.910. The van der Waals surface area contributed by atoms with E-state index < -0.39 is 0 Å². The summed E-state index contributed by atoms with van der Waals surface area (Å²) >= 11 is 6.71. The van der Waals surface area contributed by atoms with Gasteiger partial charge in [0.1, 0.15) is 21.8 Å². The van der Waals surface area contributed by atoms with Gasteiger partial charge in [-0.15, -0.1) is 0 Å². The monoisotopic (exact) mass is 516 g/mol. The smallest absolute Gasteiger partial charge is 0.196 e. The van der Waals surface area contributed by atoms with Gasteiger partial charge >= 0.3 is 0 Å². The largest absolute Gasteiger partial charge is 0.353 e. The number of halogens is 1. The van der Waals surface area contributed by atoms with Gasteiger partial charge in [-0.05, 0) is 47.1 Å². The number of aromatic nitrogens is 5. The first kappa shape index (κ1) is 20.7. The molecule has 0 atom stereocenters. The Morgan fingerprint density at radius 1 is 1.42 bits per heavy atom. The average molecular weight is 517 g/mol. The second-order valence-electron chi connectivity index (χ2n) is 7.51. The van der Waals surface area contributed by atoms with Crippen molar-refractivity contribution < 1.29 is 0 Å². The molecule has 31 heavy (non-hydrogen) atoms. The van der Waals surface area contributed by atoms with Gasteiger partial charge in [0, 0.05) is 41.6 Å². The summed E-state index contributed by atoms with van der Waals surface area (Å²) in [6.45, 7) is 9.47. The molecule has 4 aromatic rings. The number of pyridine rings is 1. The molecular weight excluding hydrogens is 496 g/mol. The highest BCUT2D eigenvalue weighted by Gasteiger charge is 2.29. The van der Waals surface area contributed by atoms with Crippen molar-refractivity contribution in [3.63, 3.8) is 0 Å². The molecule has 0 saturated carbocycles. The number of rotatable bonds is 6. The van der Waals surface area contributed by atoms with E-state index in [1.807, 2.05) is 19.2 Å². The molecule has 0 spiro atoms. The molecule has 11 heteroatoms. The highest BCUT2D eigenvalue weighted by atomic mass is 79.9. The summed E-state index contributed by atoms with van der Waals surface area (Å²) < 4.78 is 1.03. The molecule has 4 aromatic heterocycles. The fourth-order valence-electron chi connectivity index (χ4n) is 3.48. The van der Waals surface area contributed by atoms with Crippen molar-refractivity contribution in [2.24, 2.45) is 5.73 Å². The van der Waals surface area contributed by atoms with Crippen LogP contribution in [0.2, 0.25) is 0 Å². The van der Waals surface area contributed by atoms with Crippen LogP contribution in [0.1, 0.15) is 19.5 Å². The quantitative estimate of drug-likeness (QED) is 0.320. The molecule has 1 aliphatic heterocycles. The predicted molar refractivity (Wildman–Crippen MR) is 131 cm³/mol. The summed E-state index contributed by atoms with van der Waals surface area (Å²) in [4.78, 5) is 26.3. The standard InChI is InChI=1S/C20H21BrN8S2/c1-4-12-15(21)14-16(25-12)27-20(28-17(14)29-7-10(22)8-29)30-11-5-13-18(23-6-11)31-19(26-13)24-9(2)3/h5-6,10H,2,4,7-8,22H2,1,3H3,(H,24,26)(H,25,27,28). The molecule has 0 aromatic carbocycles. The number of hydrogen-bond donors (Lipinski definition) is 3. The molecule has 160 valence electrons. The zero-order valence-corrected chi connectivity index (χ0v) is 20.3. The highest BCUT2D eigenvalue weighted by molar-refractivity contribution is 9.10. The van der Waals surface area contributed by atoms with Gasteiger partial charge in [0.25, 0.3) is 0 Å². The van der Waals surface area contributed by atoms with Crippen molar-refractivity contribution in [2.75, 3.05) is 23.3 Å². The van der Waals surface area contributed by atoms with Crippen LogP contribution in [0.15, 0.2) is 39.1 Å². The average Bonchev–Trinajstić information content (AvgIpc) is 3.24. The van der Waals surface area contributed by atoms with Crippen LogP contribution in [-0.2, 0) is 6.42 Å². The molecule has 1 fully saturated rings. The molecule has 1 aliphatic rings. The fourth-order valence-corrected chi connectivity index (χ4v) is 5.84. The normalized spacial score (nSPS) is 14.4. The number of nitrogens with zero attached hydrogens (tertiary/aromatic N) is 5. The molecule has 5 rings (SSSR count). The molecule has 4 N–H and O–H groups in total. The Morgan fingerprint density at radius 3 is 2.94 bits per heavy atom. The number of thiazole rings is 1. The van der Waals surface area contributed by atoms with Gasteiger partial charge in [-0.25, -0.2) is 19.9 Å². The Kier molecular flexibility index (Phi) is 5.37. The van der Waals surface area contributed by atoms with E-state index in [2.05, 4.69) is 54.6 Å².